The lowest BCUT2D eigenvalue weighted by atomic mass is 10.2. The van der Waals surface area contributed by atoms with Crippen molar-refractivity contribution in [1.82, 2.24) is 0 Å². The largest absolute Gasteiger partial charge is 0.374 e. The van der Waals surface area contributed by atoms with Crippen LogP contribution in [0.2, 0.25) is 0 Å². The minimum Gasteiger partial charge on any atom is -0.374 e. The molecule has 110 valence electrons. The van der Waals surface area contributed by atoms with E-state index < -0.39 is 23.6 Å². The summed E-state index contributed by atoms with van der Waals surface area (Å²) in [5.41, 5.74) is 0.752. The van der Waals surface area contributed by atoms with Gasteiger partial charge in [0, 0.05) is 15.3 Å². The van der Waals surface area contributed by atoms with Crippen molar-refractivity contribution in [2.75, 3.05) is 10.6 Å². The van der Waals surface area contributed by atoms with E-state index in [9.17, 15) is 13.6 Å². The Morgan fingerprint density at radius 2 is 1.95 bits per heavy atom. The van der Waals surface area contributed by atoms with E-state index in [1.54, 1.807) is 6.92 Å². The number of rotatable bonds is 4. The summed E-state index contributed by atoms with van der Waals surface area (Å²) < 4.78 is 27.3. The van der Waals surface area contributed by atoms with E-state index >= 15 is 0 Å². The molecule has 2 aromatic rings. The van der Waals surface area contributed by atoms with Crippen LogP contribution < -0.4 is 10.6 Å². The molecule has 21 heavy (non-hydrogen) atoms. The molecule has 0 spiro atoms. The second-order valence-corrected chi connectivity index (χ2v) is 5.74. The number of carbonyl (C=O) groups excluding carboxylic acids is 1. The van der Waals surface area contributed by atoms with Gasteiger partial charge < -0.3 is 10.6 Å². The smallest absolute Gasteiger partial charge is 0.246 e. The molecule has 2 aromatic carbocycles. The minimum atomic E-state index is -0.801. The van der Waals surface area contributed by atoms with Gasteiger partial charge in [0.15, 0.2) is 0 Å². The molecule has 0 bridgehead atoms. The fraction of sp³-hybridized carbons (Fsp3) is 0.133. The third-order valence-electron chi connectivity index (χ3n) is 2.79. The molecule has 0 heterocycles. The fourth-order valence-corrected chi connectivity index (χ4v) is 2.27. The van der Waals surface area contributed by atoms with Crippen LogP contribution in [0.4, 0.5) is 20.2 Å². The van der Waals surface area contributed by atoms with E-state index in [0.29, 0.717) is 0 Å². The third-order valence-corrected chi connectivity index (χ3v) is 3.46. The number of halogens is 3. The summed E-state index contributed by atoms with van der Waals surface area (Å²) in [7, 11) is 0. The summed E-state index contributed by atoms with van der Waals surface area (Å²) in [6, 6.07) is 9.99. The van der Waals surface area contributed by atoms with Gasteiger partial charge in [-0.25, -0.2) is 8.78 Å². The highest BCUT2D eigenvalue weighted by Crippen LogP contribution is 2.17. The van der Waals surface area contributed by atoms with E-state index in [1.807, 2.05) is 24.3 Å². The third kappa shape index (κ3) is 4.38. The summed E-state index contributed by atoms with van der Waals surface area (Å²) in [6.45, 7) is 1.66. The van der Waals surface area contributed by atoms with Gasteiger partial charge in [0.25, 0.3) is 0 Å². The number of hydrogen-bond acceptors (Lipinski definition) is 2. The Bertz CT molecular complexity index is 664. The summed E-state index contributed by atoms with van der Waals surface area (Å²) in [5.74, 6) is -1.89. The molecule has 2 rings (SSSR count). The van der Waals surface area contributed by atoms with Gasteiger partial charge in [-0.2, -0.15) is 0 Å². The van der Waals surface area contributed by atoms with Crippen molar-refractivity contribution in [2.45, 2.75) is 13.0 Å². The Kier molecular flexibility index (Phi) is 5.11. The summed E-state index contributed by atoms with van der Waals surface area (Å²) in [4.78, 5) is 12.0. The molecule has 0 radical (unpaired) electrons. The number of carbonyl (C=O) groups is 1. The van der Waals surface area contributed by atoms with Crippen LogP contribution in [0, 0.1) is 15.2 Å². The molecule has 0 aliphatic rings. The second kappa shape index (κ2) is 6.84. The Morgan fingerprint density at radius 3 is 2.62 bits per heavy atom. The topological polar surface area (TPSA) is 41.1 Å². The first-order valence-corrected chi connectivity index (χ1v) is 7.31. The maximum absolute atomic E-state index is 13.5. The number of benzene rings is 2. The van der Waals surface area contributed by atoms with Gasteiger partial charge in [-0.3, -0.25) is 4.79 Å². The average Bonchev–Trinajstić information content (AvgIpc) is 2.41. The van der Waals surface area contributed by atoms with Crippen molar-refractivity contribution in [2.24, 2.45) is 0 Å². The Balaban J connectivity index is 2.02. The molecule has 2 N–H and O–H groups in total. The van der Waals surface area contributed by atoms with Gasteiger partial charge in [-0.15, -0.1) is 0 Å². The predicted octanol–water partition coefficient (Wildman–Crippen LogP) is 4.01. The molecule has 1 unspecified atom stereocenters. The van der Waals surface area contributed by atoms with Crippen LogP contribution in [0.1, 0.15) is 6.92 Å². The van der Waals surface area contributed by atoms with Crippen LogP contribution in [-0.4, -0.2) is 11.9 Å². The summed E-state index contributed by atoms with van der Waals surface area (Å²) in [6.07, 6.45) is 0. The maximum Gasteiger partial charge on any atom is 0.246 e. The number of nitrogens with one attached hydrogen (secondary N) is 2. The van der Waals surface area contributed by atoms with E-state index in [0.717, 1.165) is 21.4 Å². The van der Waals surface area contributed by atoms with Crippen molar-refractivity contribution < 1.29 is 13.6 Å². The molecule has 1 atom stereocenters. The zero-order chi connectivity index (χ0) is 15.4. The van der Waals surface area contributed by atoms with E-state index in [-0.39, 0.29) is 5.69 Å². The fourth-order valence-electron chi connectivity index (χ4n) is 1.73. The summed E-state index contributed by atoms with van der Waals surface area (Å²) in [5, 5.41) is 5.45. The predicted molar refractivity (Wildman–Crippen MR) is 87.2 cm³/mol. The molecule has 1 amide bonds. The average molecular weight is 402 g/mol. The zero-order valence-corrected chi connectivity index (χ0v) is 13.3. The SMILES string of the molecule is CC(Nc1cccc(I)c1)C(=O)Nc1ccc(F)cc1F. The molecule has 0 fully saturated rings. The first-order chi connectivity index (χ1) is 9.95. The van der Waals surface area contributed by atoms with Gasteiger partial charge in [0.1, 0.15) is 17.7 Å². The van der Waals surface area contributed by atoms with Crippen LogP contribution in [0.5, 0.6) is 0 Å². The van der Waals surface area contributed by atoms with Gasteiger partial charge >= 0.3 is 0 Å². The molecule has 0 saturated heterocycles. The van der Waals surface area contributed by atoms with Crippen LogP contribution in [0.25, 0.3) is 0 Å². The van der Waals surface area contributed by atoms with Crippen LogP contribution in [0.3, 0.4) is 0 Å². The van der Waals surface area contributed by atoms with Crippen LogP contribution >= 0.6 is 22.6 Å². The molecule has 0 aromatic heterocycles. The van der Waals surface area contributed by atoms with Gasteiger partial charge in [-0.05, 0) is 59.8 Å². The Labute approximate surface area is 134 Å². The van der Waals surface area contributed by atoms with Crippen molar-refractivity contribution in [3.63, 3.8) is 0 Å². The number of hydrogen-bond donors (Lipinski definition) is 2. The lowest BCUT2D eigenvalue weighted by molar-refractivity contribution is -0.116. The standard InChI is InChI=1S/C15H13F2IN2O/c1-9(19-12-4-2-3-11(18)8-12)15(21)20-14-6-5-10(16)7-13(14)17/h2-9,19H,1H3,(H,20,21). The Morgan fingerprint density at radius 1 is 1.19 bits per heavy atom. The van der Waals surface area contributed by atoms with Gasteiger partial charge in [0.05, 0.1) is 5.69 Å². The van der Waals surface area contributed by atoms with Crippen molar-refractivity contribution in [1.29, 1.82) is 0 Å². The van der Waals surface area contributed by atoms with E-state index in [4.69, 9.17) is 0 Å². The lowest BCUT2D eigenvalue weighted by Gasteiger charge is -2.15. The van der Waals surface area contributed by atoms with Crippen molar-refractivity contribution >= 4 is 39.9 Å². The minimum absolute atomic E-state index is 0.0438. The van der Waals surface area contributed by atoms with Crippen LogP contribution in [-0.2, 0) is 4.79 Å². The normalized spacial score (nSPS) is 11.8. The summed E-state index contributed by atoms with van der Waals surface area (Å²) >= 11 is 2.17. The molecule has 0 saturated carbocycles. The first kappa shape index (κ1) is 15.7. The maximum atomic E-state index is 13.5. The van der Waals surface area contributed by atoms with Crippen molar-refractivity contribution in [3.05, 3.63) is 57.7 Å². The monoisotopic (exact) mass is 402 g/mol. The van der Waals surface area contributed by atoms with E-state index in [2.05, 4.69) is 33.2 Å². The zero-order valence-electron chi connectivity index (χ0n) is 11.2. The molecule has 0 aliphatic carbocycles. The van der Waals surface area contributed by atoms with E-state index in [1.165, 1.54) is 6.07 Å². The lowest BCUT2D eigenvalue weighted by Crippen LogP contribution is -2.32. The van der Waals surface area contributed by atoms with Gasteiger partial charge in [-0.1, -0.05) is 6.07 Å². The highest BCUT2D eigenvalue weighted by atomic mass is 127. The highest BCUT2D eigenvalue weighted by Gasteiger charge is 2.15. The molecule has 0 aliphatic heterocycles. The molecular formula is C15H13F2IN2O. The second-order valence-electron chi connectivity index (χ2n) is 4.49. The number of amides is 1. The molecule has 3 nitrogen and oxygen atoms in total. The van der Waals surface area contributed by atoms with Crippen LogP contribution in [0.15, 0.2) is 42.5 Å². The highest BCUT2D eigenvalue weighted by molar-refractivity contribution is 14.1. The molecule has 6 heteroatoms. The molecular weight excluding hydrogens is 389 g/mol. The first-order valence-electron chi connectivity index (χ1n) is 6.24. The quantitative estimate of drug-likeness (QED) is 0.760. The van der Waals surface area contributed by atoms with Crippen molar-refractivity contribution in [3.8, 4) is 0 Å². The Hall–Kier alpha value is -1.70. The van der Waals surface area contributed by atoms with Gasteiger partial charge in [0.2, 0.25) is 5.91 Å². The number of anilines is 2.